The van der Waals surface area contributed by atoms with Crippen LogP contribution in [-0.2, 0) is 13.6 Å². The zero-order valence-corrected chi connectivity index (χ0v) is 10.0. The van der Waals surface area contributed by atoms with Crippen molar-refractivity contribution in [3.05, 3.63) is 46.4 Å². The predicted octanol–water partition coefficient (Wildman–Crippen LogP) is -0.341. The molecule has 88 valence electrons. The number of pyridine rings is 1. The third kappa shape index (κ3) is 2.23. The van der Waals surface area contributed by atoms with Gasteiger partial charge >= 0.3 is 5.69 Å². The first-order chi connectivity index (χ1) is 8.09. The van der Waals surface area contributed by atoms with Crippen LogP contribution in [0, 0.1) is 0 Å². The van der Waals surface area contributed by atoms with E-state index in [0.29, 0.717) is 12.2 Å². The summed E-state index contributed by atoms with van der Waals surface area (Å²) in [5.41, 5.74) is 6.68. The summed E-state index contributed by atoms with van der Waals surface area (Å²) >= 11 is 4.91. The van der Waals surface area contributed by atoms with E-state index in [1.54, 1.807) is 19.3 Å². The molecule has 0 saturated carbocycles. The van der Waals surface area contributed by atoms with Gasteiger partial charge < -0.3 is 5.73 Å². The highest BCUT2D eigenvalue weighted by molar-refractivity contribution is 7.80. The van der Waals surface area contributed by atoms with E-state index in [0.717, 1.165) is 5.56 Å². The van der Waals surface area contributed by atoms with Crippen molar-refractivity contribution < 1.29 is 0 Å². The number of nitrogens with two attached hydrogens (primary N) is 1. The van der Waals surface area contributed by atoms with Crippen LogP contribution in [0.2, 0.25) is 0 Å². The van der Waals surface area contributed by atoms with Gasteiger partial charge in [0.2, 0.25) is 0 Å². The SMILES string of the molecule is Cn1cnn(Cc2cccnc2C(N)=S)c1=O. The molecule has 2 aromatic rings. The minimum atomic E-state index is -0.192. The van der Waals surface area contributed by atoms with Gasteiger partial charge in [-0.1, -0.05) is 18.3 Å². The second-order valence-corrected chi connectivity index (χ2v) is 4.00. The molecular weight excluding hydrogens is 238 g/mol. The van der Waals surface area contributed by atoms with Gasteiger partial charge in [-0.05, 0) is 6.07 Å². The predicted molar refractivity (Wildman–Crippen MR) is 66.7 cm³/mol. The van der Waals surface area contributed by atoms with E-state index >= 15 is 0 Å². The molecule has 0 spiro atoms. The molecule has 0 bridgehead atoms. The summed E-state index contributed by atoms with van der Waals surface area (Å²) in [5, 5.41) is 3.97. The van der Waals surface area contributed by atoms with E-state index in [4.69, 9.17) is 18.0 Å². The van der Waals surface area contributed by atoms with Crippen LogP contribution in [0.25, 0.3) is 0 Å². The quantitative estimate of drug-likeness (QED) is 0.753. The molecule has 0 fully saturated rings. The number of nitrogens with zero attached hydrogens (tertiary/aromatic N) is 4. The summed E-state index contributed by atoms with van der Waals surface area (Å²) in [6.45, 7) is 0.306. The standard InChI is InChI=1S/C10H11N5OS/c1-14-6-13-15(10(14)16)5-7-3-2-4-12-8(7)9(11)17/h2-4,6H,5H2,1H3,(H2,11,17). The van der Waals surface area contributed by atoms with Crippen molar-refractivity contribution in [1.29, 1.82) is 0 Å². The van der Waals surface area contributed by atoms with E-state index < -0.39 is 0 Å². The van der Waals surface area contributed by atoms with Crippen LogP contribution >= 0.6 is 12.2 Å². The van der Waals surface area contributed by atoms with Gasteiger partial charge in [0.25, 0.3) is 0 Å². The molecule has 0 saturated heterocycles. The van der Waals surface area contributed by atoms with Crippen molar-refractivity contribution in [3.63, 3.8) is 0 Å². The minimum Gasteiger partial charge on any atom is -0.388 e. The lowest BCUT2D eigenvalue weighted by molar-refractivity contribution is 0.644. The lowest BCUT2D eigenvalue weighted by Crippen LogP contribution is -2.25. The Morgan fingerprint density at radius 2 is 2.35 bits per heavy atom. The molecule has 0 aliphatic heterocycles. The Balaban J connectivity index is 2.40. The average Bonchev–Trinajstić information content (AvgIpc) is 2.61. The Morgan fingerprint density at radius 1 is 1.59 bits per heavy atom. The number of hydrogen-bond donors (Lipinski definition) is 1. The summed E-state index contributed by atoms with van der Waals surface area (Å²) in [5.74, 6) is 0. The van der Waals surface area contributed by atoms with Crippen molar-refractivity contribution in [3.8, 4) is 0 Å². The number of rotatable bonds is 3. The zero-order chi connectivity index (χ0) is 12.4. The second kappa shape index (κ2) is 4.46. The Hall–Kier alpha value is -2.02. The van der Waals surface area contributed by atoms with Crippen molar-refractivity contribution in [2.75, 3.05) is 0 Å². The minimum absolute atomic E-state index is 0.192. The summed E-state index contributed by atoms with van der Waals surface area (Å²) in [6.07, 6.45) is 3.07. The first-order valence-electron chi connectivity index (χ1n) is 4.91. The molecule has 2 N–H and O–H groups in total. The zero-order valence-electron chi connectivity index (χ0n) is 9.20. The molecule has 2 heterocycles. The van der Waals surface area contributed by atoms with Gasteiger partial charge in [0.1, 0.15) is 17.0 Å². The third-order valence-corrected chi connectivity index (χ3v) is 2.52. The largest absolute Gasteiger partial charge is 0.388 e. The maximum Gasteiger partial charge on any atom is 0.345 e. The van der Waals surface area contributed by atoms with Gasteiger partial charge in [0, 0.05) is 18.8 Å². The lowest BCUT2D eigenvalue weighted by Gasteiger charge is -2.05. The van der Waals surface area contributed by atoms with Gasteiger partial charge in [-0.3, -0.25) is 9.55 Å². The fraction of sp³-hybridized carbons (Fsp3) is 0.200. The Bertz CT molecular complexity index is 615. The summed E-state index contributed by atoms with van der Waals surface area (Å²) in [6, 6.07) is 3.59. The number of hydrogen-bond acceptors (Lipinski definition) is 4. The molecule has 2 rings (SSSR count). The van der Waals surface area contributed by atoms with Crippen molar-refractivity contribution >= 4 is 17.2 Å². The van der Waals surface area contributed by atoms with E-state index in [1.165, 1.54) is 15.6 Å². The van der Waals surface area contributed by atoms with Crippen molar-refractivity contribution in [2.24, 2.45) is 12.8 Å². The van der Waals surface area contributed by atoms with E-state index in [2.05, 4.69) is 10.1 Å². The van der Waals surface area contributed by atoms with Crippen molar-refractivity contribution in [1.82, 2.24) is 19.3 Å². The van der Waals surface area contributed by atoms with Gasteiger partial charge in [-0.2, -0.15) is 5.10 Å². The summed E-state index contributed by atoms with van der Waals surface area (Å²) in [4.78, 5) is 15.9. The molecule has 0 aromatic carbocycles. The number of aromatic nitrogens is 4. The Labute approximate surface area is 103 Å². The fourth-order valence-corrected chi connectivity index (χ4v) is 1.66. The average molecular weight is 249 g/mol. The van der Waals surface area contributed by atoms with Crippen LogP contribution in [0.3, 0.4) is 0 Å². The number of aryl methyl sites for hydroxylation is 1. The number of thiocarbonyl (C=S) groups is 1. The molecule has 0 aliphatic rings. The maximum atomic E-state index is 11.6. The molecule has 7 heteroatoms. The Morgan fingerprint density at radius 3 is 2.94 bits per heavy atom. The molecule has 0 radical (unpaired) electrons. The molecule has 6 nitrogen and oxygen atoms in total. The maximum absolute atomic E-state index is 11.6. The van der Waals surface area contributed by atoms with Crippen molar-refractivity contribution in [2.45, 2.75) is 6.54 Å². The van der Waals surface area contributed by atoms with Gasteiger partial charge in [0.15, 0.2) is 0 Å². The highest BCUT2D eigenvalue weighted by Crippen LogP contribution is 2.06. The molecule has 0 aliphatic carbocycles. The molecule has 0 unspecified atom stereocenters. The molecule has 0 atom stereocenters. The summed E-state index contributed by atoms with van der Waals surface area (Å²) < 4.78 is 2.73. The highest BCUT2D eigenvalue weighted by Gasteiger charge is 2.09. The monoisotopic (exact) mass is 249 g/mol. The van der Waals surface area contributed by atoms with Crippen LogP contribution in [0.1, 0.15) is 11.3 Å². The molecular formula is C10H11N5OS. The second-order valence-electron chi connectivity index (χ2n) is 3.56. The first-order valence-corrected chi connectivity index (χ1v) is 5.32. The van der Waals surface area contributed by atoms with E-state index in [1.807, 2.05) is 6.07 Å². The van der Waals surface area contributed by atoms with Gasteiger partial charge in [0.05, 0.1) is 6.54 Å². The fourth-order valence-electron chi connectivity index (χ4n) is 1.48. The van der Waals surface area contributed by atoms with Gasteiger partial charge in [-0.25, -0.2) is 9.48 Å². The topological polar surface area (TPSA) is 78.7 Å². The lowest BCUT2D eigenvalue weighted by atomic mass is 10.2. The third-order valence-electron chi connectivity index (χ3n) is 2.33. The molecule has 17 heavy (non-hydrogen) atoms. The van der Waals surface area contributed by atoms with Crippen LogP contribution in [-0.4, -0.2) is 24.3 Å². The Kier molecular flexibility index (Phi) is 3.01. The van der Waals surface area contributed by atoms with E-state index in [9.17, 15) is 4.79 Å². The van der Waals surface area contributed by atoms with Crippen LogP contribution in [0.5, 0.6) is 0 Å². The smallest absolute Gasteiger partial charge is 0.345 e. The molecule has 0 amide bonds. The van der Waals surface area contributed by atoms with E-state index in [-0.39, 0.29) is 10.7 Å². The van der Waals surface area contributed by atoms with Crippen LogP contribution in [0.4, 0.5) is 0 Å². The molecule has 2 aromatic heterocycles. The van der Waals surface area contributed by atoms with Crippen LogP contribution in [0.15, 0.2) is 29.5 Å². The summed E-state index contributed by atoms with van der Waals surface area (Å²) in [7, 11) is 1.64. The van der Waals surface area contributed by atoms with Crippen LogP contribution < -0.4 is 11.4 Å². The normalized spacial score (nSPS) is 10.4. The first kappa shape index (κ1) is 11.5. The highest BCUT2D eigenvalue weighted by atomic mass is 32.1. The van der Waals surface area contributed by atoms with Gasteiger partial charge in [-0.15, -0.1) is 0 Å².